The number of rotatable bonds is 9. The Balaban J connectivity index is 1.31. The van der Waals surface area contributed by atoms with Gasteiger partial charge >= 0.3 is 12.1 Å². The van der Waals surface area contributed by atoms with Crippen molar-refractivity contribution in [2.45, 2.75) is 57.4 Å². The van der Waals surface area contributed by atoms with Crippen LogP contribution < -0.4 is 10.6 Å². The van der Waals surface area contributed by atoms with E-state index in [1.54, 1.807) is 0 Å². The van der Waals surface area contributed by atoms with Crippen LogP contribution in [0.15, 0.2) is 48.5 Å². The van der Waals surface area contributed by atoms with Gasteiger partial charge in [0.2, 0.25) is 5.91 Å². The van der Waals surface area contributed by atoms with E-state index >= 15 is 0 Å². The van der Waals surface area contributed by atoms with E-state index in [0.717, 1.165) is 41.5 Å². The molecule has 0 aromatic heterocycles. The SMILES string of the molecule is CC1CCCC(CCNC(=O)C(CC(=O)O)NC(=O)OCC2c3ccccc3-c3ccccc32)C1. The van der Waals surface area contributed by atoms with Crippen molar-refractivity contribution in [2.75, 3.05) is 13.2 Å². The molecule has 0 radical (unpaired) electrons. The number of aliphatic carboxylic acids is 1. The molecule has 7 nitrogen and oxygen atoms in total. The first-order valence-electron chi connectivity index (χ1n) is 12.5. The molecule has 2 aromatic rings. The molecule has 7 heteroatoms. The highest BCUT2D eigenvalue weighted by Crippen LogP contribution is 2.44. The Morgan fingerprint density at radius 2 is 1.69 bits per heavy atom. The van der Waals surface area contributed by atoms with Gasteiger partial charge in [-0.2, -0.15) is 0 Å². The quantitative estimate of drug-likeness (QED) is 0.485. The largest absolute Gasteiger partial charge is 0.481 e. The van der Waals surface area contributed by atoms with Gasteiger partial charge in [0.25, 0.3) is 0 Å². The Kier molecular flexibility index (Phi) is 8.06. The fourth-order valence-electron chi connectivity index (χ4n) is 5.51. The normalized spacial score (nSPS) is 19.8. The van der Waals surface area contributed by atoms with Crippen molar-refractivity contribution in [3.05, 3.63) is 59.7 Å². The van der Waals surface area contributed by atoms with Crippen LogP contribution in [0, 0.1) is 11.8 Å². The average Bonchev–Trinajstić information content (AvgIpc) is 3.16. The van der Waals surface area contributed by atoms with Crippen molar-refractivity contribution < 1.29 is 24.2 Å². The molecule has 0 heterocycles. The number of hydrogen-bond donors (Lipinski definition) is 3. The van der Waals surface area contributed by atoms with E-state index in [-0.39, 0.29) is 12.5 Å². The molecule has 35 heavy (non-hydrogen) atoms. The maximum atomic E-state index is 12.7. The van der Waals surface area contributed by atoms with Crippen molar-refractivity contribution in [1.82, 2.24) is 10.6 Å². The number of fused-ring (bicyclic) bond motifs is 3. The molecule has 0 spiro atoms. The third-order valence-corrected chi connectivity index (χ3v) is 7.23. The van der Waals surface area contributed by atoms with Crippen molar-refractivity contribution in [3.63, 3.8) is 0 Å². The number of benzene rings is 2. The number of carboxylic acid groups (broad SMARTS) is 1. The molecule has 4 rings (SSSR count). The molecule has 2 aliphatic rings. The lowest BCUT2D eigenvalue weighted by Crippen LogP contribution is -2.48. The first-order chi connectivity index (χ1) is 16.9. The zero-order valence-corrected chi connectivity index (χ0v) is 20.2. The van der Waals surface area contributed by atoms with Gasteiger partial charge in [0, 0.05) is 12.5 Å². The highest BCUT2D eigenvalue weighted by molar-refractivity contribution is 5.89. The number of amides is 2. The molecular formula is C28H34N2O5. The topological polar surface area (TPSA) is 105 Å². The van der Waals surface area contributed by atoms with Crippen LogP contribution in [0.1, 0.15) is 62.5 Å². The molecule has 2 aromatic carbocycles. The van der Waals surface area contributed by atoms with Gasteiger partial charge in [-0.25, -0.2) is 4.79 Å². The number of carbonyl (C=O) groups excluding carboxylic acids is 2. The van der Waals surface area contributed by atoms with Gasteiger partial charge in [-0.15, -0.1) is 0 Å². The summed E-state index contributed by atoms with van der Waals surface area (Å²) in [5.41, 5.74) is 4.40. The predicted molar refractivity (Wildman–Crippen MR) is 133 cm³/mol. The van der Waals surface area contributed by atoms with E-state index < -0.39 is 30.4 Å². The zero-order chi connectivity index (χ0) is 24.8. The monoisotopic (exact) mass is 478 g/mol. The second kappa shape index (κ2) is 11.4. The van der Waals surface area contributed by atoms with Crippen LogP contribution in [0.25, 0.3) is 11.1 Å². The van der Waals surface area contributed by atoms with Gasteiger partial charge in [0.15, 0.2) is 0 Å². The summed E-state index contributed by atoms with van der Waals surface area (Å²) in [6.45, 7) is 2.83. The molecule has 3 atom stereocenters. The lowest BCUT2D eigenvalue weighted by atomic mass is 9.81. The van der Waals surface area contributed by atoms with E-state index in [0.29, 0.717) is 18.4 Å². The highest BCUT2D eigenvalue weighted by Gasteiger charge is 2.30. The van der Waals surface area contributed by atoms with Gasteiger partial charge in [-0.05, 0) is 46.9 Å². The summed E-state index contributed by atoms with van der Waals surface area (Å²) in [4.78, 5) is 36.6. The first-order valence-corrected chi connectivity index (χ1v) is 12.5. The smallest absolute Gasteiger partial charge is 0.407 e. The summed E-state index contributed by atoms with van der Waals surface area (Å²) in [6, 6.07) is 14.8. The van der Waals surface area contributed by atoms with Crippen molar-refractivity contribution in [1.29, 1.82) is 0 Å². The van der Waals surface area contributed by atoms with E-state index in [1.165, 1.54) is 12.8 Å². The van der Waals surface area contributed by atoms with Crippen LogP contribution in [0.4, 0.5) is 4.79 Å². The highest BCUT2D eigenvalue weighted by atomic mass is 16.5. The third-order valence-electron chi connectivity index (χ3n) is 7.23. The van der Waals surface area contributed by atoms with E-state index in [4.69, 9.17) is 4.74 Å². The molecule has 0 saturated heterocycles. The van der Waals surface area contributed by atoms with Crippen LogP contribution >= 0.6 is 0 Å². The van der Waals surface area contributed by atoms with E-state index in [9.17, 15) is 19.5 Å². The maximum Gasteiger partial charge on any atom is 0.407 e. The Morgan fingerprint density at radius 1 is 1.03 bits per heavy atom. The number of ether oxygens (including phenoxy) is 1. The fourth-order valence-corrected chi connectivity index (χ4v) is 5.51. The second-order valence-corrected chi connectivity index (χ2v) is 9.84. The molecule has 3 N–H and O–H groups in total. The minimum Gasteiger partial charge on any atom is -0.481 e. The van der Waals surface area contributed by atoms with E-state index in [1.807, 2.05) is 36.4 Å². The number of carboxylic acids is 1. The molecule has 0 aliphatic heterocycles. The lowest BCUT2D eigenvalue weighted by Gasteiger charge is -2.27. The first kappa shape index (κ1) is 24.8. The zero-order valence-electron chi connectivity index (χ0n) is 20.2. The summed E-state index contributed by atoms with van der Waals surface area (Å²) in [6.07, 6.45) is 4.35. The predicted octanol–water partition coefficient (Wildman–Crippen LogP) is 4.70. The minimum atomic E-state index is -1.19. The van der Waals surface area contributed by atoms with Gasteiger partial charge in [-0.3, -0.25) is 9.59 Å². The average molecular weight is 479 g/mol. The number of nitrogens with one attached hydrogen (secondary N) is 2. The van der Waals surface area contributed by atoms with Crippen molar-refractivity contribution in [3.8, 4) is 11.1 Å². The Morgan fingerprint density at radius 3 is 2.31 bits per heavy atom. The summed E-state index contributed by atoms with van der Waals surface area (Å²) in [7, 11) is 0. The Labute approximate surface area is 206 Å². The molecule has 2 amide bonds. The summed E-state index contributed by atoms with van der Waals surface area (Å²) < 4.78 is 5.49. The molecule has 186 valence electrons. The van der Waals surface area contributed by atoms with Gasteiger partial charge in [0.1, 0.15) is 12.6 Å². The number of carbonyl (C=O) groups is 3. The molecular weight excluding hydrogens is 444 g/mol. The molecule has 1 saturated carbocycles. The molecule has 2 aliphatic carbocycles. The molecule has 1 fully saturated rings. The standard InChI is InChI=1S/C28H34N2O5/c1-18-7-6-8-19(15-18)13-14-29-27(33)25(16-26(31)32)30-28(34)35-17-24-22-11-4-2-9-20(22)21-10-3-5-12-23(21)24/h2-5,9-12,18-19,24-25H,6-8,13-17H2,1H3,(H,29,33)(H,30,34)(H,31,32). The maximum absolute atomic E-state index is 12.7. The minimum absolute atomic E-state index is 0.0983. The number of hydrogen-bond acceptors (Lipinski definition) is 4. The van der Waals surface area contributed by atoms with E-state index in [2.05, 4.69) is 29.7 Å². The number of alkyl carbamates (subject to hydrolysis) is 1. The summed E-state index contributed by atoms with van der Waals surface area (Å²) in [5, 5.41) is 14.5. The lowest BCUT2D eigenvalue weighted by molar-refractivity contribution is -0.139. The van der Waals surface area contributed by atoms with Gasteiger partial charge < -0.3 is 20.5 Å². The second-order valence-electron chi connectivity index (χ2n) is 9.84. The molecule has 3 unspecified atom stereocenters. The van der Waals surface area contributed by atoms with Crippen LogP contribution in [-0.4, -0.2) is 42.3 Å². The fraction of sp³-hybridized carbons (Fsp3) is 0.464. The Bertz CT molecular complexity index is 1020. The van der Waals surface area contributed by atoms with Gasteiger partial charge in [0.05, 0.1) is 6.42 Å². The summed E-state index contributed by atoms with van der Waals surface area (Å²) in [5.74, 6) is -0.487. The van der Waals surface area contributed by atoms with Crippen molar-refractivity contribution in [2.24, 2.45) is 11.8 Å². The van der Waals surface area contributed by atoms with Crippen LogP contribution in [0.3, 0.4) is 0 Å². The van der Waals surface area contributed by atoms with Crippen molar-refractivity contribution >= 4 is 18.0 Å². The summed E-state index contributed by atoms with van der Waals surface area (Å²) >= 11 is 0. The molecule has 0 bridgehead atoms. The van der Waals surface area contributed by atoms with Crippen LogP contribution in [0.2, 0.25) is 0 Å². The Hall–Kier alpha value is -3.35. The van der Waals surface area contributed by atoms with Crippen LogP contribution in [-0.2, 0) is 14.3 Å². The third kappa shape index (κ3) is 6.21. The van der Waals surface area contributed by atoms with Crippen LogP contribution in [0.5, 0.6) is 0 Å². The van der Waals surface area contributed by atoms with Gasteiger partial charge in [-0.1, -0.05) is 74.7 Å².